The number of para-hydroxylation sites is 1. The van der Waals surface area contributed by atoms with Crippen molar-refractivity contribution in [3.05, 3.63) is 90.0 Å². The summed E-state index contributed by atoms with van der Waals surface area (Å²) in [5.74, 6) is -0.116. The second-order valence-corrected chi connectivity index (χ2v) is 10.4. The van der Waals surface area contributed by atoms with Crippen LogP contribution in [0.2, 0.25) is 0 Å². The zero-order chi connectivity index (χ0) is 26.0. The van der Waals surface area contributed by atoms with Crippen molar-refractivity contribution in [3.63, 3.8) is 0 Å². The highest BCUT2D eigenvalue weighted by Crippen LogP contribution is 2.29. The lowest BCUT2D eigenvalue weighted by molar-refractivity contribution is 0.103. The lowest BCUT2D eigenvalue weighted by Crippen LogP contribution is -2.38. The first-order valence-corrected chi connectivity index (χ1v) is 13.1. The quantitative estimate of drug-likeness (QED) is 0.312. The van der Waals surface area contributed by atoms with E-state index < -0.39 is 21.6 Å². The highest BCUT2D eigenvalue weighted by atomic mass is 32.2. The molecule has 1 saturated heterocycles. The SMILES string of the molecule is C=CS(=O)(=O)N1CCCC1CNc1ncnc2[nH]cc(C(=O)c3ccc(Oc4ccccc4)cc3F)c12. The maximum Gasteiger partial charge on any atom is 0.235 e. The number of sulfonamides is 1. The number of nitrogens with zero attached hydrogens (tertiary/aromatic N) is 3. The van der Waals surface area contributed by atoms with Gasteiger partial charge in [0.1, 0.15) is 35.1 Å². The molecule has 37 heavy (non-hydrogen) atoms. The largest absolute Gasteiger partial charge is 0.457 e. The third-order valence-electron chi connectivity index (χ3n) is 6.24. The van der Waals surface area contributed by atoms with Gasteiger partial charge in [0.15, 0.2) is 5.78 Å². The molecule has 0 spiro atoms. The normalized spacial score (nSPS) is 16.1. The van der Waals surface area contributed by atoms with Gasteiger partial charge in [-0.1, -0.05) is 24.8 Å². The van der Waals surface area contributed by atoms with Crippen LogP contribution in [0.15, 0.2) is 73.0 Å². The van der Waals surface area contributed by atoms with Crippen LogP contribution in [-0.4, -0.2) is 52.6 Å². The number of aromatic nitrogens is 3. The van der Waals surface area contributed by atoms with Gasteiger partial charge in [-0.05, 0) is 37.1 Å². The number of anilines is 1. The molecule has 9 nitrogen and oxygen atoms in total. The van der Waals surface area contributed by atoms with Gasteiger partial charge in [-0.2, -0.15) is 4.31 Å². The van der Waals surface area contributed by atoms with E-state index in [1.54, 1.807) is 24.3 Å². The zero-order valence-electron chi connectivity index (χ0n) is 19.7. The Kier molecular flexibility index (Phi) is 6.72. The van der Waals surface area contributed by atoms with Gasteiger partial charge in [-0.3, -0.25) is 4.79 Å². The Morgan fingerprint density at radius 2 is 2.00 bits per heavy atom. The molecule has 1 unspecified atom stereocenters. The lowest BCUT2D eigenvalue weighted by atomic mass is 10.0. The number of hydrogen-bond acceptors (Lipinski definition) is 7. The second kappa shape index (κ2) is 10.1. The van der Waals surface area contributed by atoms with E-state index in [1.165, 1.54) is 35.0 Å². The van der Waals surface area contributed by atoms with Crippen molar-refractivity contribution in [2.24, 2.45) is 0 Å². The van der Waals surface area contributed by atoms with Crippen LogP contribution in [0.3, 0.4) is 0 Å². The Balaban J connectivity index is 1.40. The van der Waals surface area contributed by atoms with E-state index in [4.69, 9.17) is 4.74 Å². The summed E-state index contributed by atoms with van der Waals surface area (Å²) in [4.78, 5) is 24.7. The van der Waals surface area contributed by atoms with Crippen molar-refractivity contribution >= 4 is 32.7 Å². The number of carbonyl (C=O) groups is 1. The van der Waals surface area contributed by atoms with Crippen molar-refractivity contribution < 1.29 is 22.3 Å². The molecule has 0 radical (unpaired) electrons. The molecule has 0 bridgehead atoms. The molecular formula is C26H24FN5O4S. The minimum atomic E-state index is -3.56. The summed E-state index contributed by atoms with van der Waals surface area (Å²) in [6, 6.07) is 12.7. The summed E-state index contributed by atoms with van der Waals surface area (Å²) in [7, 11) is -3.56. The van der Waals surface area contributed by atoms with Crippen molar-refractivity contribution in [3.8, 4) is 11.5 Å². The number of rotatable bonds is 9. The Morgan fingerprint density at radius 3 is 2.76 bits per heavy atom. The minimum absolute atomic E-state index is 0.129. The molecule has 2 N–H and O–H groups in total. The summed E-state index contributed by atoms with van der Waals surface area (Å²) in [5, 5.41) is 4.50. The van der Waals surface area contributed by atoms with Crippen molar-refractivity contribution in [1.82, 2.24) is 19.3 Å². The van der Waals surface area contributed by atoms with Crippen molar-refractivity contribution in [1.29, 1.82) is 0 Å². The molecular weight excluding hydrogens is 497 g/mol. The Bertz CT molecular complexity index is 1570. The number of fused-ring (bicyclic) bond motifs is 1. The smallest absolute Gasteiger partial charge is 0.235 e. The van der Waals surface area contributed by atoms with Crippen LogP contribution in [0.5, 0.6) is 11.5 Å². The zero-order valence-corrected chi connectivity index (χ0v) is 20.5. The number of benzene rings is 2. The molecule has 4 aromatic rings. The van der Waals surface area contributed by atoms with Gasteiger partial charge in [0, 0.05) is 36.8 Å². The molecule has 2 aromatic carbocycles. The summed E-state index contributed by atoms with van der Waals surface area (Å²) < 4.78 is 46.7. The standard InChI is InChI=1S/C26H24FN5O4S/c1-2-37(34,35)32-12-6-7-17(32)14-28-25-23-21(15-29-26(23)31-16-30-25)24(33)20-11-10-19(13-22(20)27)36-18-8-4-3-5-9-18/h2-5,8-11,13,15-17H,1,6-7,12,14H2,(H2,28,29,30,31). The van der Waals surface area contributed by atoms with Crippen molar-refractivity contribution in [2.45, 2.75) is 18.9 Å². The van der Waals surface area contributed by atoms with E-state index >= 15 is 4.39 Å². The third-order valence-corrected chi connectivity index (χ3v) is 7.80. The number of aromatic amines is 1. The van der Waals surface area contributed by atoms with E-state index in [2.05, 4.69) is 26.8 Å². The molecule has 5 rings (SSSR count). The first-order chi connectivity index (χ1) is 17.9. The van der Waals surface area contributed by atoms with Gasteiger partial charge < -0.3 is 15.0 Å². The number of carbonyl (C=O) groups excluding carboxylic acids is 1. The van der Waals surface area contributed by atoms with Crippen LogP contribution < -0.4 is 10.1 Å². The molecule has 11 heteroatoms. The predicted octanol–water partition coefficient (Wildman–Crippen LogP) is 4.47. The fourth-order valence-electron chi connectivity index (χ4n) is 4.45. The second-order valence-electron chi connectivity index (χ2n) is 8.53. The van der Waals surface area contributed by atoms with Crippen molar-refractivity contribution in [2.75, 3.05) is 18.4 Å². The van der Waals surface area contributed by atoms with Crippen LogP contribution in [0.1, 0.15) is 28.8 Å². The molecule has 1 atom stereocenters. The summed E-state index contributed by atoms with van der Waals surface area (Å²) >= 11 is 0. The number of ketones is 1. The van der Waals surface area contributed by atoms with Gasteiger partial charge in [-0.15, -0.1) is 0 Å². The maximum absolute atomic E-state index is 15.0. The fourth-order valence-corrected chi connectivity index (χ4v) is 5.62. The fraction of sp³-hybridized carbons (Fsp3) is 0.192. The van der Waals surface area contributed by atoms with Crippen LogP contribution in [0.25, 0.3) is 11.0 Å². The first-order valence-electron chi connectivity index (χ1n) is 11.6. The van der Waals surface area contributed by atoms with E-state index in [9.17, 15) is 13.2 Å². The Labute approximate surface area is 213 Å². The molecule has 3 heterocycles. The molecule has 190 valence electrons. The molecule has 1 aliphatic rings. The molecule has 1 aliphatic heterocycles. The molecule has 1 fully saturated rings. The highest BCUT2D eigenvalue weighted by molar-refractivity contribution is 7.92. The number of nitrogens with one attached hydrogen (secondary N) is 2. The van der Waals surface area contributed by atoms with Crippen LogP contribution >= 0.6 is 0 Å². The van der Waals surface area contributed by atoms with Gasteiger partial charge in [-0.25, -0.2) is 22.8 Å². The highest BCUT2D eigenvalue weighted by Gasteiger charge is 2.32. The molecule has 0 aliphatic carbocycles. The predicted molar refractivity (Wildman–Crippen MR) is 138 cm³/mol. The number of halogens is 1. The summed E-state index contributed by atoms with van der Waals surface area (Å²) in [6.07, 6.45) is 4.20. The maximum atomic E-state index is 15.0. The van der Waals surface area contributed by atoms with E-state index in [0.29, 0.717) is 35.6 Å². The van der Waals surface area contributed by atoms with E-state index in [1.807, 2.05) is 6.07 Å². The average Bonchev–Trinajstić information content (AvgIpc) is 3.56. The first kappa shape index (κ1) is 24.6. The summed E-state index contributed by atoms with van der Waals surface area (Å²) in [6.45, 7) is 4.10. The van der Waals surface area contributed by atoms with Crippen LogP contribution in [-0.2, 0) is 10.0 Å². The van der Waals surface area contributed by atoms with Crippen LogP contribution in [0.4, 0.5) is 10.2 Å². The lowest BCUT2D eigenvalue weighted by Gasteiger charge is -2.23. The number of ether oxygens (including phenoxy) is 1. The number of hydrogen-bond donors (Lipinski definition) is 2. The van der Waals surface area contributed by atoms with Gasteiger partial charge >= 0.3 is 0 Å². The van der Waals surface area contributed by atoms with Crippen LogP contribution in [0, 0.1) is 5.82 Å². The molecule has 0 saturated carbocycles. The van der Waals surface area contributed by atoms with Gasteiger partial charge in [0.2, 0.25) is 10.0 Å². The summed E-state index contributed by atoms with van der Waals surface area (Å²) in [5.41, 5.74) is 0.457. The Hall–Kier alpha value is -4.09. The molecule has 2 aromatic heterocycles. The topological polar surface area (TPSA) is 117 Å². The monoisotopic (exact) mass is 521 g/mol. The number of H-pyrrole nitrogens is 1. The van der Waals surface area contributed by atoms with E-state index in [0.717, 1.165) is 11.8 Å². The van der Waals surface area contributed by atoms with Gasteiger partial charge in [0.05, 0.1) is 16.5 Å². The molecule has 0 amide bonds. The Morgan fingerprint density at radius 1 is 1.19 bits per heavy atom. The minimum Gasteiger partial charge on any atom is -0.457 e. The van der Waals surface area contributed by atoms with E-state index in [-0.39, 0.29) is 29.5 Å². The average molecular weight is 522 g/mol. The third kappa shape index (κ3) is 4.95. The van der Waals surface area contributed by atoms with Gasteiger partial charge in [0.25, 0.3) is 0 Å².